The molecule has 1 rings (SSSR count). The lowest BCUT2D eigenvalue weighted by Crippen LogP contribution is -2.15. The molecule has 1 N–H and O–H groups in total. The standard InChI is InChI=1S/C11H9F5O4/c12-6-7(13)9(15)11(10(16)8(6)14)20-5(18)1-3-19-4-2-17/h17H,1-4H2. The van der Waals surface area contributed by atoms with Crippen molar-refractivity contribution in [3.8, 4) is 5.75 Å². The first-order valence-corrected chi connectivity index (χ1v) is 5.30. The second kappa shape index (κ2) is 7.15. The average Bonchev–Trinajstić information content (AvgIpc) is 2.44. The summed E-state index contributed by atoms with van der Waals surface area (Å²) in [4.78, 5) is 11.2. The molecule has 0 aromatic heterocycles. The van der Waals surface area contributed by atoms with Crippen LogP contribution < -0.4 is 4.74 Å². The minimum atomic E-state index is -2.34. The largest absolute Gasteiger partial charge is 0.420 e. The van der Waals surface area contributed by atoms with Gasteiger partial charge in [0, 0.05) is 0 Å². The Balaban J connectivity index is 2.80. The van der Waals surface area contributed by atoms with Gasteiger partial charge in [-0.15, -0.1) is 0 Å². The zero-order valence-corrected chi connectivity index (χ0v) is 9.89. The molecule has 0 aliphatic rings. The molecule has 0 radical (unpaired) electrons. The highest BCUT2D eigenvalue weighted by atomic mass is 19.2. The Bertz CT molecular complexity index is 477. The number of rotatable bonds is 6. The van der Waals surface area contributed by atoms with Crippen molar-refractivity contribution in [1.29, 1.82) is 0 Å². The van der Waals surface area contributed by atoms with Crippen LogP contribution >= 0.6 is 0 Å². The third-order valence-electron chi connectivity index (χ3n) is 2.07. The van der Waals surface area contributed by atoms with Gasteiger partial charge in [-0.3, -0.25) is 4.79 Å². The number of esters is 1. The molecular formula is C11H9F5O4. The van der Waals surface area contributed by atoms with Gasteiger partial charge in [0.1, 0.15) is 0 Å². The molecule has 0 aliphatic heterocycles. The zero-order chi connectivity index (χ0) is 15.3. The molecule has 20 heavy (non-hydrogen) atoms. The number of benzene rings is 1. The van der Waals surface area contributed by atoms with E-state index < -0.39 is 47.2 Å². The van der Waals surface area contributed by atoms with Crippen LogP contribution in [0.3, 0.4) is 0 Å². The van der Waals surface area contributed by atoms with E-state index in [4.69, 9.17) is 5.11 Å². The van der Waals surface area contributed by atoms with E-state index in [9.17, 15) is 26.7 Å². The summed E-state index contributed by atoms with van der Waals surface area (Å²) < 4.78 is 73.4. The molecule has 112 valence electrons. The Morgan fingerprint density at radius 2 is 1.40 bits per heavy atom. The van der Waals surface area contributed by atoms with Crippen LogP contribution in [0.25, 0.3) is 0 Å². The molecule has 1 aromatic carbocycles. The number of ether oxygens (including phenoxy) is 2. The minimum absolute atomic E-state index is 0.0736. The summed E-state index contributed by atoms with van der Waals surface area (Å²) in [6.07, 6.45) is -0.487. The highest BCUT2D eigenvalue weighted by Crippen LogP contribution is 2.29. The fourth-order valence-corrected chi connectivity index (χ4v) is 1.16. The SMILES string of the molecule is O=C(CCOCCO)Oc1c(F)c(F)c(F)c(F)c1F. The average molecular weight is 300 g/mol. The van der Waals surface area contributed by atoms with E-state index >= 15 is 0 Å². The van der Waals surface area contributed by atoms with Gasteiger partial charge in [0.25, 0.3) is 0 Å². The maximum absolute atomic E-state index is 13.1. The van der Waals surface area contributed by atoms with Crippen LogP contribution in [0.15, 0.2) is 0 Å². The first kappa shape index (κ1) is 16.3. The molecule has 0 aliphatic carbocycles. The van der Waals surface area contributed by atoms with Crippen LogP contribution in [0.5, 0.6) is 5.75 Å². The Morgan fingerprint density at radius 1 is 0.900 bits per heavy atom. The number of carbonyl (C=O) groups excluding carboxylic acids is 1. The first-order valence-electron chi connectivity index (χ1n) is 5.30. The summed E-state index contributed by atoms with van der Waals surface area (Å²) in [6.45, 7) is -0.614. The van der Waals surface area contributed by atoms with Gasteiger partial charge < -0.3 is 14.6 Å². The van der Waals surface area contributed by atoms with Gasteiger partial charge in [-0.05, 0) is 0 Å². The number of hydrogen-bond donors (Lipinski definition) is 1. The zero-order valence-electron chi connectivity index (χ0n) is 9.89. The fourth-order valence-electron chi connectivity index (χ4n) is 1.16. The van der Waals surface area contributed by atoms with Crippen molar-refractivity contribution in [2.75, 3.05) is 19.8 Å². The third-order valence-corrected chi connectivity index (χ3v) is 2.07. The number of carbonyl (C=O) groups is 1. The van der Waals surface area contributed by atoms with Gasteiger partial charge >= 0.3 is 5.97 Å². The molecule has 0 heterocycles. The molecule has 0 atom stereocenters. The molecule has 0 spiro atoms. The van der Waals surface area contributed by atoms with E-state index in [0.29, 0.717) is 0 Å². The lowest BCUT2D eigenvalue weighted by atomic mass is 10.2. The van der Waals surface area contributed by atoms with E-state index in [1.54, 1.807) is 0 Å². The predicted molar refractivity (Wildman–Crippen MR) is 54.4 cm³/mol. The van der Waals surface area contributed by atoms with Crippen molar-refractivity contribution in [2.45, 2.75) is 6.42 Å². The number of aliphatic hydroxyl groups excluding tert-OH is 1. The third kappa shape index (κ3) is 3.64. The Hall–Kier alpha value is -1.74. The lowest BCUT2D eigenvalue weighted by Gasteiger charge is -2.08. The van der Waals surface area contributed by atoms with Gasteiger partial charge in [0.2, 0.25) is 34.8 Å². The molecule has 0 unspecified atom stereocenters. The number of hydrogen-bond acceptors (Lipinski definition) is 4. The fraction of sp³-hybridized carbons (Fsp3) is 0.364. The van der Waals surface area contributed by atoms with Gasteiger partial charge in [0.05, 0.1) is 26.2 Å². The van der Waals surface area contributed by atoms with Crippen molar-refractivity contribution in [3.63, 3.8) is 0 Å². The number of aliphatic hydroxyl groups is 1. The highest BCUT2D eigenvalue weighted by Gasteiger charge is 2.28. The van der Waals surface area contributed by atoms with Crippen molar-refractivity contribution >= 4 is 5.97 Å². The summed E-state index contributed by atoms with van der Waals surface area (Å²) in [5.41, 5.74) is 0. The van der Waals surface area contributed by atoms with Crippen LogP contribution in [0, 0.1) is 29.1 Å². The van der Waals surface area contributed by atoms with Crippen molar-refractivity contribution in [1.82, 2.24) is 0 Å². The quantitative estimate of drug-likeness (QED) is 0.217. The van der Waals surface area contributed by atoms with E-state index in [-0.39, 0.29) is 19.8 Å². The van der Waals surface area contributed by atoms with Crippen LogP contribution in [0.2, 0.25) is 0 Å². The van der Waals surface area contributed by atoms with Crippen LogP contribution in [-0.4, -0.2) is 30.9 Å². The molecule has 1 aromatic rings. The van der Waals surface area contributed by atoms with Crippen LogP contribution in [0.4, 0.5) is 22.0 Å². The van der Waals surface area contributed by atoms with E-state index in [0.717, 1.165) is 0 Å². The van der Waals surface area contributed by atoms with Gasteiger partial charge in [-0.1, -0.05) is 0 Å². The smallest absolute Gasteiger partial charge is 0.313 e. The molecule has 0 saturated heterocycles. The maximum atomic E-state index is 13.1. The lowest BCUT2D eigenvalue weighted by molar-refractivity contribution is -0.136. The summed E-state index contributed by atoms with van der Waals surface area (Å²) in [7, 11) is 0. The molecule has 4 nitrogen and oxygen atoms in total. The van der Waals surface area contributed by atoms with Crippen molar-refractivity contribution in [2.24, 2.45) is 0 Å². The van der Waals surface area contributed by atoms with E-state index in [1.807, 2.05) is 0 Å². The summed E-state index contributed by atoms with van der Waals surface area (Å²) in [6, 6.07) is 0. The van der Waals surface area contributed by atoms with Gasteiger partial charge in [-0.25, -0.2) is 13.2 Å². The van der Waals surface area contributed by atoms with Crippen LogP contribution in [0.1, 0.15) is 6.42 Å². The summed E-state index contributed by atoms with van der Waals surface area (Å²) in [5, 5.41) is 8.37. The monoisotopic (exact) mass is 300 g/mol. The molecular weight excluding hydrogens is 291 g/mol. The van der Waals surface area contributed by atoms with E-state index in [2.05, 4.69) is 9.47 Å². The molecule has 0 fully saturated rings. The van der Waals surface area contributed by atoms with Gasteiger partial charge in [0.15, 0.2) is 0 Å². The minimum Gasteiger partial charge on any atom is -0.420 e. The molecule has 0 bridgehead atoms. The van der Waals surface area contributed by atoms with E-state index in [1.165, 1.54) is 0 Å². The maximum Gasteiger partial charge on any atom is 0.313 e. The Labute approximate surface area is 109 Å². The first-order chi connectivity index (χ1) is 9.40. The Kier molecular flexibility index (Phi) is 5.83. The Morgan fingerprint density at radius 3 is 1.90 bits per heavy atom. The van der Waals surface area contributed by atoms with Gasteiger partial charge in [-0.2, -0.15) is 8.78 Å². The summed E-state index contributed by atoms with van der Waals surface area (Å²) in [5.74, 6) is -14.1. The molecule has 0 saturated carbocycles. The molecule has 0 amide bonds. The number of halogens is 5. The molecule has 9 heteroatoms. The highest BCUT2D eigenvalue weighted by molar-refractivity contribution is 5.72. The normalized spacial score (nSPS) is 10.7. The van der Waals surface area contributed by atoms with Crippen LogP contribution in [-0.2, 0) is 9.53 Å². The second-order valence-corrected chi connectivity index (χ2v) is 3.46. The second-order valence-electron chi connectivity index (χ2n) is 3.46. The topological polar surface area (TPSA) is 55.8 Å². The predicted octanol–water partition coefficient (Wildman–Crippen LogP) is 1.69. The van der Waals surface area contributed by atoms with Crippen molar-refractivity contribution < 1.29 is 41.3 Å². The summed E-state index contributed by atoms with van der Waals surface area (Å²) >= 11 is 0. The van der Waals surface area contributed by atoms with Crippen molar-refractivity contribution in [3.05, 3.63) is 29.1 Å².